The molecule has 5 aliphatic rings. The van der Waals surface area contributed by atoms with Crippen LogP contribution in [0, 0.1) is 0 Å². The van der Waals surface area contributed by atoms with Crippen molar-refractivity contribution in [3.63, 3.8) is 0 Å². The smallest absolute Gasteiger partial charge is 0.338 e. The van der Waals surface area contributed by atoms with Gasteiger partial charge >= 0.3 is 23.9 Å². The molecule has 0 saturated heterocycles. The van der Waals surface area contributed by atoms with E-state index >= 15 is 0 Å². The lowest BCUT2D eigenvalue weighted by atomic mass is 9.94. The van der Waals surface area contributed by atoms with Gasteiger partial charge < -0.3 is 57.8 Å². The van der Waals surface area contributed by atoms with Gasteiger partial charge in [0.05, 0.1) is 75.1 Å². The minimum atomic E-state index is -0.618. The van der Waals surface area contributed by atoms with E-state index in [9.17, 15) is 57.5 Å². The normalized spacial score (nSPS) is 13.8. The Balaban J connectivity index is 0.634. The number of unbranched alkanes of at least 4 members (excludes halogenated alkanes) is 12. The van der Waals surface area contributed by atoms with Gasteiger partial charge in [-0.2, -0.15) is 0 Å². The first kappa shape index (κ1) is 91.6. The van der Waals surface area contributed by atoms with E-state index in [0.717, 1.165) is 95.9 Å². The average molecular weight is 1820 g/mol. The molecule has 0 spiro atoms. The number of aromatic amines is 4. The fraction of sp³-hybridized carbons (Fsp3) is 0.214. The third kappa shape index (κ3) is 21.1. The quantitative estimate of drug-likeness (QED) is 0.0120. The number of carbonyl (C=O) groups is 12. The van der Waals surface area contributed by atoms with E-state index in [4.69, 9.17) is 37.9 Å². The Morgan fingerprint density at radius 1 is 0.199 bits per heavy atom. The van der Waals surface area contributed by atoms with Crippen molar-refractivity contribution in [3.8, 4) is 0 Å². The van der Waals surface area contributed by atoms with Crippen LogP contribution in [0.25, 0.3) is 45.3 Å². The van der Waals surface area contributed by atoms with Crippen LogP contribution in [0.2, 0.25) is 0 Å². The number of H-pyrrole nitrogens is 4. The highest BCUT2D eigenvalue weighted by atomic mass is 16.5. The van der Waals surface area contributed by atoms with Crippen molar-refractivity contribution in [1.82, 2.24) is 19.9 Å². The number of aromatic nitrogens is 4. The van der Waals surface area contributed by atoms with Crippen LogP contribution in [0.4, 0.5) is 0 Å². The highest BCUT2D eigenvalue weighted by molar-refractivity contribution is 6.52. The first-order valence-electron chi connectivity index (χ1n) is 45.9. The standard InChI is InChI=1S/C112H96N4O20/c117-93-65-97(77-25-9-13-29-81(77)105(93)121)129-57-17-1-5-21-61-133-109(125)73-41-33-69(34-42-73)101-85-49-51-87(113-85)102(70-35-43-74(44-36-70)110(126)134-62-22-6-2-18-58-130-98-66-94(118)106(122)82-30-14-10-26-78(82)98)89-53-55-91(115-89)104(72-39-47-76(48-40-72)112(128)136-64-24-8-4-20-60-132-100-68-96(120)108(124)84-32-16-12-28-80(84)100)92-56-54-90(116-92)103(88-52-50-86(101)114-88)71-37-45-75(46-38-71)111(127)135-63-23-7-3-19-59-131-99-67-95(119)107(123)83-31-15-11-27-79(83)99/h9-16,25-56,65-68,113-116H,1-8,17-24,57-64H2. The molecule has 4 aromatic heterocycles. The third-order valence-electron chi connectivity index (χ3n) is 24.3. The Labute approximate surface area is 782 Å². The van der Waals surface area contributed by atoms with Crippen LogP contribution in [0.5, 0.6) is 0 Å². The summed E-state index contributed by atoms with van der Waals surface area (Å²) < 4.78 is 47.3. The molecule has 0 amide bonds. The molecule has 684 valence electrons. The number of esters is 4. The summed E-state index contributed by atoms with van der Waals surface area (Å²) in [5, 5.41) is 2.74. The number of fused-ring (bicyclic) bond motifs is 12. The topological polar surface area (TPSA) is 342 Å². The number of Topliss-reactive ketones (excluding diaryl/α,β-unsaturated/α-hetero) is 4. The molecule has 8 aromatic carbocycles. The fourth-order valence-corrected chi connectivity index (χ4v) is 17.3. The van der Waals surface area contributed by atoms with E-state index in [0.29, 0.717) is 212 Å². The highest BCUT2D eigenvalue weighted by Crippen LogP contribution is 2.35. The molecule has 8 bridgehead atoms. The van der Waals surface area contributed by atoms with Gasteiger partial charge in [-0.3, -0.25) is 38.4 Å². The second-order valence-corrected chi connectivity index (χ2v) is 33.5. The molecule has 0 saturated carbocycles. The van der Waals surface area contributed by atoms with Crippen molar-refractivity contribution in [1.29, 1.82) is 0 Å². The summed E-state index contributed by atoms with van der Waals surface area (Å²) in [4.78, 5) is 170. The van der Waals surface area contributed by atoms with Crippen molar-refractivity contribution in [3.05, 3.63) is 400 Å². The molecule has 24 nitrogen and oxygen atoms in total. The maximum atomic E-state index is 13.9. The molecule has 5 heterocycles. The van der Waals surface area contributed by atoms with E-state index in [2.05, 4.69) is 19.9 Å². The number of nitrogens with one attached hydrogen (secondary N) is 4. The molecule has 4 aliphatic carbocycles. The van der Waals surface area contributed by atoms with E-state index in [1.165, 1.54) is 24.3 Å². The van der Waals surface area contributed by atoms with Crippen molar-refractivity contribution in [2.75, 3.05) is 52.9 Å². The number of hydrogen-bond acceptors (Lipinski definition) is 20. The second-order valence-electron chi connectivity index (χ2n) is 33.5. The molecule has 136 heavy (non-hydrogen) atoms. The van der Waals surface area contributed by atoms with Crippen molar-refractivity contribution >= 4 is 115 Å². The third-order valence-corrected chi connectivity index (χ3v) is 24.3. The molecule has 0 fully saturated rings. The van der Waals surface area contributed by atoms with Crippen molar-refractivity contribution in [2.45, 2.75) is 103 Å². The molecule has 24 heteroatoms. The van der Waals surface area contributed by atoms with Crippen molar-refractivity contribution < 1.29 is 95.4 Å². The zero-order valence-electron chi connectivity index (χ0n) is 74.5. The lowest BCUT2D eigenvalue weighted by Crippen LogP contribution is -2.19. The van der Waals surface area contributed by atoms with Crippen LogP contribution >= 0.6 is 0 Å². The zero-order chi connectivity index (χ0) is 94.0. The summed E-state index contributed by atoms with van der Waals surface area (Å²) in [6.07, 6.45) is 16.1. The first-order valence-corrected chi connectivity index (χ1v) is 45.9. The number of benzene rings is 8. The van der Waals surface area contributed by atoms with Crippen LogP contribution in [0.1, 0.15) is 253 Å². The van der Waals surface area contributed by atoms with Crippen LogP contribution in [-0.4, -0.2) is 143 Å². The van der Waals surface area contributed by atoms with Gasteiger partial charge in [-0.1, -0.05) is 146 Å². The molecule has 0 atom stereocenters. The maximum absolute atomic E-state index is 13.9. The fourth-order valence-electron chi connectivity index (χ4n) is 17.3. The molecule has 17 rings (SSSR count). The number of allylic oxidation sites excluding steroid dienone is 4. The Morgan fingerprint density at radius 2 is 0.390 bits per heavy atom. The summed E-state index contributed by atoms with van der Waals surface area (Å²) in [5.74, 6) is -5.20. The van der Waals surface area contributed by atoms with Gasteiger partial charge in [-0.05, 0) is 222 Å². The largest absolute Gasteiger partial charge is 0.493 e. The second kappa shape index (κ2) is 43.0. The van der Waals surface area contributed by atoms with Crippen LogP contribution < -0.4 is 21.4 Å². The Morgan fingerprint density at radius 3 is 0.596 bits per heavy atom. The molecule has 1 aliphatic heterocycles. The summed E-state index contributed by atoms with van der Waals surface area (Å²) >= 11 is 0. The van der Waals surface area contributed by atoms with E-state index in [1.54, 1.807) is 146 Å². The van der Waals surface area contributed by atoms with Gasteiger partial charge in [-0.25, -0.2) is 19.2 Å². The van der Waals surface area contributed by atoms with Gasteiger partial charge in [-0.15, -0.1) is 0 Å². The molecular weight excluding hydrogens is 1720 g/mol. The lowest BCUT2D eigenvalue weighted by Gasteiger charge is -2.16. The summed E-state index contributed by atoms with van der Waals surface area (Å²) in [6, 6.07) is 72.4. The van der Waals surface area contributed by atoms with E-state index < -0.39 is 70.1 Å². The SMILES string of the molecule is O=C1C=C(OCCCCCCOC(=O)c2ccc(C3=c4ccc([nH]4)=C(c4ccc(C(=O)OCCCCCCOC5=CC(=O)C(=O)c6ccccc65)cc4)c4ccc([nH]4)C(c4ccc(C(=O)OCCCCCCOC5=CC(=O)C(=O)c6ccccc65)cc4)=c4ccc([nH]4)=C(c4ccc(C(=O)OCCCCCCOC5=CC(=O)C(=O)c6ccccc65)cc4)c4ccc3[nH]4)cc2)c2ccccc2C1=O. The van der Waals surface area contributed by atoms with Crippen LogP contribution in [0.3, 0.4) is 0 Å². The maximum Gasteiger partial charge on any atom is 0.338 e. The highest BCUT2D eigenvalue weighted by Gasteiger charge is 2.32. The summed E-state index contributed by atoms with van der Waals surface area (Å²) in [7, 11) is 0. The van der Waals surface area contributed by atoms with Crippen molar-refractivity contribution in [2.24, 2.45) is 0 Å². The van der Waals surface area contributed by atoms with Gasteiger partial charge in [0.2, 0.25) is 46.3 Å². The molecular formula is C112H96N4O20. The minimum absolute atomic E-state index is 0.178. The van der Waals surface area contributed by atoms with Gasteiger partial charge in [0.15, 0.2) is 0 Å². The predicted octanol–water partition coefficient (Wildman–Crippen LogP) is 16.5. The summed E-state index contributed by atoms with van der Waals surface area (Å²) in [6.45, 7) is 2.05. The average Bonchev–Trinajstić information content (AvgIpc) is 1.60. The van der Waals surface area contributed by atoms with Crippen LogP contribution in [0.15, 0.2) is 267 Å². The number of rotatable bonds is 40. The number of ketones is 8. The van der Waals surface area contributed by atoms with Gasteiger partial charge in [0.25, 0.3) is 0 Å². The monoisotopic (exact) mass is 1820 g/mol. The predicted molar refractivity (Wildman–Crippen MR) is 508 cm³/mol. The number of ether oxygens (including phenoxy) is 8. The number of carbonyl (C=O) groups excluding carboxylic acids is 12. The van der Waals surface area contributed by atoms with E-state index in [-0.39, 0.29) is 26.4 Å². The van der Waals surface area contributed by atoms with E-state index in [1.807, 2.05) is 97.1 Å². The van der Waals surface area contributed by atoms with Gasteiger partial charge in [0, 0.05) is 135 Å². The molecule has 4 N–H and O–H groups in total. The van der Waals surface area contributed by atoms with Gasteiger partial charge in [0.1, 0.15) is 23.0 Å². The minimum Gasteiger partial charge on any atom is -0.493 e. The zero-order valence-corrected chi connectivity index (χ0v) is 74.5. The van der Waals surface area contributed by atoms with Crippen LogP contribution in [-0.2, 0) is 57.1 Å². The molecule has 12 aromatic rings. The summed E-state index contributed by atoms with van der Waals surface area (Å²) in [5.41, 5.74) is 13.6. The Hall–Kier alpha value is -16.2. The Bertz CT molecular complexity index is 6270. The molecule has 0 radical (unpaired) electrons. The first-order chi connectivity index (χ1) is 66.5. The number of hydrogen-bond donors (Lipinski definition) is 4. The lowest BCUT2D eigenvalue weighted by molar-refractivity contribution is -0.111. The Kier molecular flexibility index (Phi) is 29.0. The molecule has 0 unspecified atom stereocenters.